The molecule has 19 heavy (non-hydrogen) atoms. The third-order valence-electron chi connectivity index (χ3n) is 4.36. The summed E-state index contributed by atoms with van der Waals surface area (Å²) in [6.07, 6.45) is 5.34. The number of Topliss-reactive ketones (excluding diaryl/α,β-unsaturated/α-hetero) is 1. The molecule has 0 saturated heterocycles. The minimum Gasteiger partial charge on any atom is -0.369 e. The fraction of sp³-hybridized carbons (Fsp3) is 0.588. The zero-order valence-corrected chi connectivity index (χ0v) is 12.0. The Balaban J connectivity index is 2.08. The van der Waals surface area contributed by atoms with Gasteiger partial charge in [-0.3, -0.25) is 4.79 Å². The van der Waals surface area contributed by atoms with Gasteiger partial charge >= 0.3 is 0 Å². The second-order valence-electron chi connectivity index (χ2n) is 5.57. The summed E-state index contributed by atoms with van der Waals surface area (Å²) in [7, 11) is 1.63. The maximum atomic E-state index is 12.7. The summed E-state index contributed by atoms with van der Waals surface area (Å²) in [6, 6.07) is 9.85. The molecule has 2 heteroatoms. The molecule has 2 rings (SSSR count). The first-order valence-electron chi connectivity index (χ1n) is 7.37. The highest BCUT2D eigenvalue weighted by Crippen LogP contribution is 2.35. The number of carbonyl (C=O) groups excluding carboxylic acids is 1. The van der Waals surface area contributed by atoms with Crippen LogP contribution in [0.4, 0.5) is 0 Å². The van der Waals surface area contributed by atoms with Crippen LogP contribution in [0.5, 0.6) is 0 Å². The van der Waals surface area contributed by atoms with E-state index in [0.717, 1.165) is 24.3 Å². The van der Waals surface area contributed by atoms with Gasteiger partial charge in [-0.2, -0.15) is 0 Å². The predicted octanol–water partition coefficient (Wildman–Crippen LogP) is 4.16. The summed E-state index contributed by atoms with van der Waals surface area (Å²) in [5.41, 5.74) is 0.980. The van der Waals surface area contributed by atoms with Gasteiger partial charge in [0.15, 0.2) is 5.78 Å². The summed E-state index contributed by atoms with van der Waals surface area (Å²) < 4.78 is 5.47. The summed E-state index contributed by atoms with van der Waals surface area (Å²) >= 11 is 0. The van der Waals surface area contributed by atoms with Crippen molar-refractivity contribution in [1.82, 2.24) is 0 Å². The molecule has 2 nitrogen and oxygen atoms in total. The number of methoxy groups -OCH3 is 1. The van der Waals surface area contributed by atoms with E-state index in [0.29, 0.717) is 0 Å². The van der Waals surface area contributed by atoms with Crippen LogP contribution in [0.3, 0.4) is 0 Å². The van der Waals surface area contributed by atoms with Crippen molar-refractivity contribution in [3.8, 4) is 0 Å². The standard InChI is InChI=1S/C17H24O2/c1-3-13-8-7-11-15(12-13)16(18)17(19-2)14-9-5-4-6-10-14/h4-6,9-10,13,15,17H,3,7-8,11-12H2,1-2H3. The Bertz CT molecular complexity index is 399. The Labute approximate surface area is 116 Å². The van der Waals surface area contributed by atoms with E-state index in [1.807, 2.05) is 30.3 Å². The number of benzene rings is 1. The monoisotopic (exact) mass is 260 g/mol. The Morgan fingerprint density at radius 2 is 2.05 bits per heavy atom. The number of hydrogen-bond acceptors (Lipinski definition) is 2. The number of hydrogen-bond donors (Lipinski definition) is 0. The van der Waals surface area contributed by atoms with Crippen molar-refractivity contribution in [1.29, 1.82) is 0 Å². The molecule has 3 unspecified atom stereocenters. The van der Waals surface area contributed by atoms with Crippen molar-refractivity contribution in [2.75, 3.05) is 7.11 Å². The van der Waals surface area contributed by atoms with Crippen LogP contribution in [0.1, 0.15) is 50.7 Å². The third-order valence-corrected chi connectivity index (χ3v) is 4.36. The van der Waals surface area contributed by atoms with Crippen LogP contribution < -0.4 is 0 Å². The maximum absolute atomic E-state index is 12.7. The molecule has 0 aliphatic heterocycles. The van der Waals surface area contributed by atoms with Crippen LogP contribution in [0.25, 0.3) is 0 Å². The summed E-state index contributed by atoms with van der Waals surface area (Å²) in [5.74, 6) is 1.17. The van der Waals surface area contributed by atoms with Gasteiger partial charge in [0.05, 0.1) is 0 Å². The van der Waals surface area contributed by atoms with Gasteiger partial charge in [-0.15, -0.1) is 0 Å². The van der Waals surface area contributed by atoms with E-state index in [9.17, 15) is 4.79 Å². The summed E-state index contributed by atoms with van der Waals surface area (Å²) in [6.45, 7) is 2.22. The highest BCUT2D eigenvalue weighted by Gasteiger charge is 2.31. The quantitative estimate of drug-likeness (QED) is 0.794. The van der Waals surface area contributed by atoms with E-state index in [1.54, 1.807) is 7.11 Å². The van der Waals surface area contributed by atoms with Crippen LogP contribution in [-0.2, 0) is 9.53 Å². The molecule has 0 aromatic heterocycles. The Kier molecular flexibility index (Phi) is 5.15. The summed E-state index contributed by atoms with van der Waals surface area (Å²) in [4.78, 5) is 12.7. The molecule has 1 aromatic carbocycles. The van der Waals surface area contributed by atoms with Gasteiger partial charge in [-0.05, 0) is 24.3 Å². The topological polar surface area (TPSA) is 26.3 Å². The van der Waals surface area contributed by atoms with Gasteiger partial charge in [-0.1, -0.05) is 56.5 Å². The van der Waals surface area contributed by atoms with Crippen molar-refractivity contribution in [2.24, 2.45) is 11.8 Å². The molecule has 1 aliphatic rings. The van der Waals surface area contributed by atoms with Crippen molar-refractivity contribution >= 4 is 5.78 Å². The van der Waals surface area contributed by atoms with Crippen molar-refractivity contribution in [3.05, 3.63) is 35.9 Å². The molecule has 0 heterocycles. The molecule has 0 amide bonds. The van der Waals surface area contributed by atoms with Crippen LogP contribution >= 0.6 is 0 Å². The largest absolute Gasteiger partial charge is 0.369 e. The van der Waals surface area contributed by atoms with E-state index < -0.39 is 0 Å². The van der Waals surface area contributed by atoms with Crippen LogP contribution in [-0.4, -0.2) is 12.9 Å². The molecule has 3 atom stereocenters. The van der Waals surface area contributed by atoms with Gasteiger partial charge in [0.25, 0.3) is 0 Å². The zero-order valence-electron chi connectivity index (χ0n) is 12.0. The molecule has 0 radical (unpaired) electrons. The second-order valence-corrected chi connectivity index (χ2v) is 5.57. The van der Waals surface area contributed by atoms with E-state index >= 15 is 0 Å². The van der Waals surface area contributed by atoms with Gasteiger partial charge in [0, 0.05) is 13.0 Å². The Hall–Kier alpha value is -1.15. The molecule has 1 fully saturated rings. The third kappa shape index (κ3) is 3.44. The second kappa shape index (κ2) is 6.85. The first-order chi connectivity index (χ1) is 9.26. The molecule has 1 aliphatic carbocycles. The average Bonchev–Trinajstić information content (AvgIpc) is 2.49. The van der Waals surface area contributed by atoms with E-state index in [1.165, 1.54) is 19.3 Å². The SMILES string of the molecule is CCC1CCCC(C(=O)C(OC)c2ccccc2)C1. The van der Waals surface area contributed by atoms with Gasteiger partial charge in [0.1, 0.15) is 6.10 Å². The fourth-order valence-electron chi connectivity index (χ4n) is 3.18. The first kappa shape index (κ1) is 14.3. The molecule has 0 spiro atoms. The summed E-state index contributed by atoms with van der Waals surface area (Å²) in [5, 5.41) is 0. The normalized spacial score (nSPS) is 24.9. The van der Waals surface area contributed by atoms with E-state index in [4.69, 9.17) is 4.74 Å². The Morgan fingerprint density at radius 1 is 1.32 bits per heavy atom. The average molecular weight is 260 g/mol. The molecular formula is C17H24O2. The number of ketones is 1. The van der Waals surface area contributed by atoms with Crippen molar-refractivity contribution < 1.29 is 9.53 Å². The molecular weight excluding hydrogens is 236 g/mol. The van der Waals surface area contributed by atoms with Gasteiger partial charge in [0.2, 0.25) is 0 Å². The van der Waals surface area contributed by atoms with Gasteiger partial charge < -0.3 is 4.74 Å². The van der Waals surface area contributed by atoms with Gasteiger partial charge in [-0.25, -0.2) is 0 Å². The first-order valence-corrected chi connectivity index (χ1v) is 7.37. The van der Waals surface area contributed by atoms with Crippen LogP contribution in [0, 0.1) is 11.8 Å². The minimum absolute atomic E-state index is 0.184. The molecule has 0 bridgehead atoms. The zero-order chi connectivity index (χ0) is 13.7. The smallest absolute Gasteiger partial charge is 0.169 e. The van der Waals surface area contributed by atoms with Crippen molar-refractivity contribution in [3.63, 3.8) is 0 Å². The molecule has 0 N–H and O–H groups in total. The molecule has 104 valence electrons. The lowest BCUT2D eigenvalue weighted by Crippen LogP contribution is -2.28. The van der Waals surface area contributed by atoms with Crippen LogP contribution in [0.2, 0.25) is 0 Å². The lowest BCUT2D eigenvalue weighted by atomic mass is 9.76. The lowest BCUT2D eigenvalue weighted by molar-refractivity contribution is -0.134. The highest BCUT2D eigenvalue weighted by molar-refractivity contribution is 5.86. The predicted molar refractivity (Wildman–Crippen MR) is 76.9 cm³/mol. The molecule has 1 aromatic rings. The minimum atomic E-state index is -0.387. The van der Waals surface area contributed by atoms with E-state index in [-0.39, 0.29) is 17.8 Å². The molecule has 1 saturated carbocycles. The lowest BCUT2D eigenvalue weighted by Gasteiger charge is -2.29. The Morgan fingerprint density at radius 3 is 2.68 bits per heavy atom. The fourth-order valence-corrected chi connectivity index (χ4v) is 3.18. The van der Waals surface area contributed by atoms with Crippen LogP contribution in [0.15, 0.2) is 30.3 Å². The highest BCUT2D eigenvalue weighted by atomic mass is 16.5. The van der Waals surface area contributed by atoms with E-state index in [2.05, 4.69) is 6.92 Å². The number of carbonyl (C=O) groups is 1. The number of rotatable bonds is 5. The number of ether oxygens (including phenoxy) is 1. The maximum Gasteiger partial charge on any atom is 0.169 e. The van der Waals surface area contributed by atoms with Crippen molar-refractivity contribution in [2.45, 2.75) is 45.1 Å².